The number of rotatable bonds is 3. The smallest absolute Gasteiger partial charge is 0.291 e. The number of aryl methyl sites for hydroxylation is 2. The molecule has 112 valence electrons. The zero-order chi connectivity index (χ0) is 14.7. The molecule has 0 saturated carbocycles. The summed E-state index contributed by atoms with van der Waals surface area (Å²) in [4.78, 5) is 18.7. The van der Waals surface area contributed by atoms with Crippen molar-refractivity contribution in [3.63, 3.8) is 0 Å². The van der Waals surface area contributed by atoms with Crippen LogP contribution in [-0.2, 0) is 0 Å². The number of aliphatic hydroxyl groups is 1. The average Bonchev–Trinajstić information content (AvgIpc) is 2.58. The van der Waals surface area contributed by atoms with E-state index in [0.29, 0.717) is 23.8 Å². The van der Waals surface area contributed by atoms with Gasteiger partial charge in [-0.2, -0.15) is 0 Å². The second-order valence-electron chi connectivity index (χ2n) is 5.73. The van der Waals surface area contributed by atoms with E-state index in [1.165, 1.54) is 0 Å². The number of hydrogen-bond donors (Lipinski definition) is 1. The maximum Gasteiger partial charge on any atom is 0.291 e. The molecule has 0 radical (unpaired) electrons. The van der Waals surface area contributed by atoms with Crippen LogP contribution >= 0.6 is 0 Å². The molecule has 1 saturated heterocycles. The molecular weight excluding hydrogens is 256 g/mol. The quantitative estimate of drug-likeness (QED) is 0.923. The molecule has 2 unspecified atom stereocenters. The average molecular weight is 280 g/mol. The van der Waals surface area contributed by atoms with Crippen LogP contribution in [0.3, 0.4) is 0 Å². The number of amides is 1. The van der Waals surface area contributed by atoms with E-state index in [-0.39, 0.29) is 11.9 Å². The number of nitrogens with zero attached hydrogens (tertiary/aromatic N) is 2. The van der Waals surface area contributed by atoms with Gasteiger partial charge in [0.2, 0.25) is 5.76 Å². The first kappa shape index (κ1) is 15.0. The molecule has 1 N–H and O–H groups in total. The molecule has 1 amide bonds. The molecule has 0 aromatic carbocycles. The fourth-order valence-corrected chi connectivity index (χ4v) is 2.94. The number of carbonyl (C=O) groups excluding carboxylic acids is 1. The minimum Gasteiger partial charge on any atom is -0.436 e. The van der Waals surface area contributed by atoms with Gasteiger partial charge in [-0.15, -0.1) is 0 Å². The highest BCUT2D eigenvalue weighted by atomic mass is 16.4. The fourth-order valence-electron chi connectivity index (χ4n) is 2.94. The molecule has 1 aliphatic heterocycles. The van der Waals surface area contributed by atoms with Gasteiger partial charge < -0.3 is 14.4 Å². The highest BCUT2D eigenvalue weighted by Gasteiger charge is 2.30. The van der Waals surface area contributed by atoms with E-state index in [1.54, 1.807) is 20.8 Å². The monoisotopic (exact) mass is 280 g/mol. The predicted molar refractivity (Wildman–Crippen MR) is 75.6 cm³/mol. The van der Waals surface area contributed by atoms with Gasteiger partial charge in [-0.3, -0.25) is 4.79 Å². The molecular formula is C15H24N2O3. The Morgan fingerprint density at radius 1 is 1.45 bits per heavy atom. The number of carbonyl (C=O) groups is 1. The third-order valence-electron chi connectivity index (χ3n) is 3.85. The zero-order valence-electron chi connectivity index (χ0n) is 12.6. The second-order valence-corrected chi connectivity index (χ2v) is 5.73. The summed E-state index contributed by atoms with van der Waals surface area (Å²) in [6, 6.07) is 0.0924. The molecule has 0 aliphatic carbocycles. The summed E-state index contributed by atoms with van der Waals surface area (Å²) in [6.07, 6.45) is 4.42. The Bertz CT molecular complexity index is 468. The van der Waals surface area contributed by atoms with Crippen LogP contribution in [0.2, 0.25) is 0 Å². The van der Waals surface area contributed by atoms with Gasteiger partial charge in [-0.05, 0) is 33.1 Å². The Kier molecular flexibility index (Phi) is 4.81. The van der Waals surface area contributed by atoms with E-state index in [9.17, 15) is 9.90 Å². The first-order chi connectivity index (χ1) is 9.49. The van der Waals surface area contributed by atoms with E-state index in [4.69, 9.17) is 4.42 Å². The lowest BCUT2D eigenvalue weighted by Crippen LogP contribution is -2.41. The lowest BCUT2D eigenvalue weighted by Gasteiger charge is -2.30. The Morgan fingerprint density at radius 3 is 2.80 bits per heavy atom. The van der Waals surface area contributed by atoms with Gasteiger partial charge in [0.15, 0.2) is 5.89 Å². The largest absolute Gasteiger partial charge is 0.436 e. The number of aliphatic hydroxyl groups excluding tert-OH is 1. The Balaban J connectivity index is 2.21. The van der Waals surface area contributed by atoms with Crippen molar-refractivity contribution in [2.24, 2.45) is 0 Å². The van der Waals surface area contributed by atoms with Gasteiger partial charge in [-0.1, -0.05) is 12.8 Å². The van der Waals surface area contributed by atoms with E-state index in [0.717, 1.165) is 32.2 Å². The van der Waals surface area contributed by atoms with Gasteiger partial charge >= 0.3 is 0 Å². The fraction of sp³-hybridized carbons (Fsp3) is 0.733. The minimum atomic E-state index is -0.397. The lowest BCUT2D eigenvalue weighted by atomic mass is 10.0. The standard InChI is InChI=1S/C15H24N2O3/c1-10(18)9-13-7-5-4-6-8-17(13)15(19)14-11(2)16-12(3)20-14/h10,13,18H,4-9H2,1-3H3. The summed E-state index contributed by atoms with van der Waals surface area (Å²) in [5.74, 6) is 0.781. The van der Waals surface area contributed by atoms with Crippen molar-refractivity contribution in [2.45, 2.75) is 65.0 Å². The first-order valence-corrected chi connectivity index (χ1v) is 7.42. The topological polar surface area (TPSA) is 66.6 Å². The summed E-state index contributed by atoms with van der Waals surface area (Å²) in [7, 11) is 0. The van der Waals surface area contributed by atoms with Crippen LogP contribution < -0.4 is 0 Å². The van der Waals surface area contributed by atoms with Gasteiger partial charge in [0.05, 0.1) is 11.8 Å². The van der Waals surface area contributed by atoms with E-state index < -0.39 is 6.10 Å². The summed E-state index contributed by atoms with van der Waals surface area (Å²) in [5, 5.41) is 9.65. The molecule has 2 atom stereocenters. The first-order valence-electron chi connectivity index (χ1n) is 7.42. The van der Waals surface area contributed by atoms with Crippen LogP contribution in [0.4, 0.5) is 0 Å². The predicted octanol–water partition coefficient (Wildman–Crippen LogP) is 2.45. The number of oxazole rings is 1. The molecule has 5 heteroatoms. The van der Waals surface area contributed by atoms with E-state index >= 15 is 0 Å². The van der Waals surface area contributed by atoms with Crippen LogP contribution in [0.25, 0.3) is 0 Å². The maximum atomic E-state index is 12.7. The SMILES string of the molecule is Cc1nc(C)c(C(=O)N2CCCCCC2CC(C)O)o1. The third-order valence-corrected chi connectivity index (χ3v) is 3.85. The molecule has 1 fully saturated rings. The molecule has 1 aromatic rings. The second kappa shape index (κ2) is 6.39. The Labute approximate surface area is 120 Å². The zero-order valence-corrected chi connectivity index (χ0v) is 12.6. The van der Waals surface area contributed by atoms with Crippen molar-refractivity contribution < 1.29 is 14.3 Å². The Morgan fingerprint density at radius 2 is 2.20 bits per heavy atom. The molecule has 1 aromatic heterocycles. The molecule has 2 rings (SSSR count). The highest BCUT2D eigenvalue weighted by Crippen LogP contribution is 2.24. The van der Waals surface area contributed by atoms with Gasteiger partial charge in [0.1, 0.15) is 0 Å². The van der Waals surface area contributed by atoms with Crippen molar-refractivity contribution in [1.82, 2.24) is 9.88 Å². The maximum absolute atomic E-state index is 12.7. The minimum absolute atomic E-state index is 0.0874. The van der Waals surface area contributed by atoms with Crippen molar-refractivity contribution in [2.75, 3.05) is 6.54 Å². The van der Waals surface area contributed by atoms with Crippen LogP contribution in [0.15, 0.2) is 4.42 Å². The Hall–Kier alpha value is -1.36. The van der Waals surface area contributed by atoms with Crippen molar-refractivity contribution in [3.8, 4) is 0 Å². The molecule has 20 heavy (non-hydrogen) atoms. The summed E-state index contributed by atoms with van der Waals surface area (Å²) in [6.45, 7) is 6.05. The normalized spacial score (nSPS) is 21.6. The molecule has 0 spiro atoms. The molecule has 5 nitrogen and oxygen atoms in total. The number of likely N-dealkylation sites (tertiary alicyclic amines) is 1. The van der Waals surface area contributed by atoms with Crippen molar-refractivity contribution in [1.29, 1.82) is 0 Å². The summed E-state index contributed by atoms with van der Waals surface area (Å²) < 4.78 is 5.46. The summed E-state index contributed by atoms with van der Waals surface area (Å²) in [5.41, 5.74) is 0.646. The van der Waals surface area contributed by atoms with Crippen LogP contribution in [-0.4, -0.2) is 39.6 Å². The van der Waals surface area contributed by atoms with Gasteiger partial charge in [0, 0.05) is 19.5 Å². The molecule has 2 heterocycles. The number of hydrogen-bond acceptors (Lipinski definition) is 4. The van der Waals surface area contributed by atoms with Crippen LogP contribution in [0.1, 0.15) is 61.2 Å². The molecule has 0 bridgehead atoms. The van der Waals surface area contributed by atoms with Crippen LogP contribution in [0.5, 0.6) is 0 Å². The van der Waals surface area contributed by atoms with Gasteiger partial charge in [0.25, 0.3) is 5.91 Å². The van der Waals surface area contributed by atoms with E-state index in [1.807, 2.05) is 4.90 Å². The summed E-state index contributed by atoms with van der Waals surface area (Å²) >= 11 is 0. The lowest BCUT2D eigenvalue weighted by molar-refractivity contribution is 0.0574. The third kappa shape index (κ3) is 3.39. The number of aromatic nitrogens is 1. The highest BCUT2D eigenvalue weighted by molar-refractivity contribution is 5.92. The molecule has 1 aliphatic rings. The van der Waals surface area contributed by atoms with Crippen LogP contribution in [0, 0.1) is 13.8 Å². The van der Waals surface area contributed by atoms with Crippen molar-refractivity contribution >= 4 is 5.91 Å². The van der Waals surface area contributed by atoms with E-state index in [2.05, 4.69) is 4.98 Å². The van der Waals surface area contributed by atoms with Crippen molar-refractivity contribution in [3.05, 3.63) is 17.3 Å². The van der Waals surface area contributed by atoms with Gasteiger partial charge in [-0.25, -0.2) is 4.98 Å².